The Kier molecular flexibility index (Phi) is 4.10. The lowest BCUT2D eigenvalue weighted by Crippen LogP contribution is -2.40. The van der Waals surface area contributed by atoms with Gasteiger partial charge < -0.3 is 10.2 Å². The summed E-state index contributed by atoms with van der Waals surface area (Å²) in [4.78, 5) is 2.36. The zero-order chi connectivity index (χ0) is 12.4. The van der Waals surface area contributed by atoms with Gasteiger partial charge in [-0.3, -0.25) is 0 Å². The minimum absolute atomic E-state index is 0.347. The standard InChI is InChI=1S/C12H24N2O2S/c1-2-12(4-5-13-10-12)11-14-6-3-8-17(15,16)9-7-14/h13H,2-11H2,1H3. The van der Waals surface area contributed by atoms with Gasteiger partial charge in [0, 0.05) is 19.6 Å². The van der Waals surface area contributed by atoms with E-state index >= 15 is 0 Å². The van der Waals surface area contributed by atoms with Crippen LogP contribution in [0.3, 0.4) is 0 Å². The van der Waals surface area contributed by atoms with Crippen LogP contribution < -0.4 is 5.32 Å². The molecule has 2 saturated heterocycles. The highest BCUT2D eigenvalue weighted by atomic mass is 32.2. The molecule has 2 rings (SSSR count). The molecule has 0 radical (unpaired) electrons. The van der Waals surface area contributed by atoms with E-state index in [1.54, 1.807) is 0 Å². The van der Waals surface area contributed by atoms with Gasteiger partial charge in [0.05, 0.1) is 11.5 Å². The van der Waals surface area contributed by atoms with Crippen LogP contribution in [-0.2, 0) is 9.84 Å². The van der Waals surface area contributed by atoms with Crippen molar-refractivity contribution in [2.75, 3.05) is 44.2 Å². The third kappa shape index (κ3) is 3.42. The lowest BCUT2D eigenvalue weighted by atomic mass is 9.83. The van der Waals surface area contributed by atoms with Gasteiger partial charge in [0.2, 0.25) is 0 Å². The SMILES string of the molecule is CCC1(CN2CCCS(=O)(=O)CC2)CCNC1. The smallest absolute Gasteiger partial charge is 0.151 e. The molecule has 100 valence electrons. The van der Waals surface area contributed by atoms with E-state index in [0.29, 0.717) is 16.9 Å². The van der Waals surface area contributed by atoms with Crippen molar-refractivity contribution in [3.8, 4) is 0 Å². The Balaban J connectivity index is 1.94. The average Bonchev–Trinajstić information content (AvgIpc) is 2.68. The number of hydrogen-bond acceptors (Lipinski definition) is 4. The van der Waals surface area contributed by atoms with E-state index in [-0.39, 0.29) is 0 Å². The summed E-state index contributed by atoms with van der Waals surface area (Å²) in [7, 11) is -2.77. The topological polar surface area (TPSA) is 49.4 Å². The molecule has 17 heavy (non-hydrogen) atoms. The Morgan fingerprint density at radius 3 is 2.76 bits per heavy atom. The monoisotopic (exact) mass is 260 g/mol. The van der Waals surface area contributed by atoms with Crippen LogP contribution in [0.1, 0.15) is 26.2 Å². The van der Waals surface area contributed by atoms with E-state index in [1.807, 2.05) is 0 Å². The van der Waals surface area contributed by atoms with Crippen molar-refractivity contribution < 1.29 is 8.42 Å². The molecule has 2 aliphatic heterocycles. The molecule has 1 atom stereocenters. The highest BCUT2D eigenvalue weighted by Gasteiger charge is 2.34. The Hall–Kier alpha value is -0.130. The van der Waals surface area contributed by atoms with Gasteiger partial charge in [0.25, 0.3) is 0 Å². The second kappa shape index (κ2) is 5.24. The molecule has 2 aliphatic rings. The Morgan fingerprint density at radius 2 is 2.12 bits per heavy atom. The number of nitrogens with one attached hydrogen (secondary N) is 1. The van der Waals surface area contributed by atoms with Gasteiger partial charge in [-0.05, 0) is 37.8 Å². The summed E-state index contributed by atoms with van der Waals surface area (Å²) in [5.74, 6) is 0.723. The fourth-order valence-electron chi connectivity index (χ4n) is 2.97. The van der Waals surface area contributed by atoms with Crippen molar-refractivity contribution in [1.82, 2.24) is 10.2 Å². The maximum Gasteiger partial charge on any atom is 0.151 e. The van der Waals surface area contributed by atoms with Crippen LogP contribution in [0.5, 0.6) is 0 Å². The molecule has 1 unspecified atom stereocenters. The molecule has 0 aromatic rings. The maximum atomic E-state index is 11.6. The van der Waals surface area contributed by atoms with Crippen LogP contribution in [0.2, 0.25) is 0 Å². The molecule has 2 fully saturated rings. The summed E-state index contributed by atoms with van der Waals surface area (Å²) in [6, 6.07) is 0. The molecule has 0 aromatic carbocycles. The number of hydrogen-bond donors (Lipinski definition) is 1. The minimum Gasteiger partial charge on any atom is -0.316 e. The highest BCUT2D eigenvalue weighted by molar-refractivity contribution is 7.91. The lowest BCUT2D eigenvalue weighted by molar-refractivity contribution is 0.167. The summed E-state index contributed by atoms with van der Waals surface area (Å²) < 4.78 is 23.1. The molecule has 4 nitrogen and oxygen atoms in total. The molecular weight excluding hydrogens is 236 g/mol. The van der Waals surface area contributed by atoms with Crippen LogP contribution in [0.15, 0.2) is 0 Å². The van der Waals surface area contributed by atoms with E-state index in [4.69, 9.17) is 0 Å². The van der Waals surface area contributed by atoms with Gasteiger partial charge in [-0.25, -0.2) is 8.42 Å². The molecule has 0 aliphatic carbocycles. The van der Waals surface area contributed by atoms with Crippen LogP contribution in [0.25, 0.3) is 0 Å². The molecule has 0 amide bonds. The highest BCUT2D eigenvalue weighted by Crippen LogP contribution is 2.30. The second-order valence-electron chi connectivity index (χ2n) is 5.56. The fourth-order valence-corrected chi connectivity index (χ4v) is 4.28. The van der Waals surface area contributed by atoms with Crippen molar-refractivity contribution in [3.05, 3.63) is 0 Å². The summed E-state index contributed by atoms with van der Waals surface area (Å²) in [6.45, 7) is 7.19. The first-order chi connectivity index (χ1) is 8.05. The van der Waals surface area contributed by atoms with Crippen molar-refractivity contribution in [3.63, 3.8) is 0 Å². The molecular formula is C12H24N2O2S. The van der Waals surface area contributed by atoms with Crippen LogP contribution in [0, 0.1) is 5.41 Å². The zero-order valence-corrected chi connectivity index (χ0v) is 11.6. The summed E-state index contributed by atoms with van der Waals surface area (Å²) in [5, 5.41) is 3.44. The molecule has 1 N–H and O–H groups in total. The summed E-state index contributed by atoms with van der Waals surface area (Å²) in [6.07, 6.45) is 3.21. The molecule has 5 heteroatoms. The van der Waals surface area contributed by atoms with Crippen LogP contribution >= 0.6 is 0 Å². The van der Waals surface area contributed by atoms with Gasteiger partial charge >= 0.3 is 0 Å². The first kappa shape index (κ1) is 13.3. The third-order valence-corrected chi connectivity index (χ3v) is 6.00. The van der Waals surface area contributed by atoms with Gasteiger partial charge in [0.15, 0.2) is 9.84 Å². The fraction of sp³-hybridized carbons (Fsp3) is 1.00. The van der Waals surface area contributed by atoms with Crippen molar-refractivity contribution in [1.29, 1.82) is 0 Å². The van der Waals surface area contributed by atoms with E-state index < -0.39 is 9.84 Å². The number of nitrogens with zero attached hydrogens (tertiary/aromatic N) is 1. The van der Waals surface area contributed by atoms with E-state index in [9.17, 15) is 8.42 Å². The van der Waals surface area contributed by atoms with Crippen molar-refractivity contribution in [2.45, 2.75) is 26.2 Å². The van der Waals surface area contributed by atoms with Gasteiger partial charge in [-0.15, -0.1) is 0 Å². The average molecular weight is 260 g/mol. The van der Waals surface area contributed by atoms with E-state index in [2.05, 4.69) is 17.1 Å². The van der Waals surface area contributed by atoms with Crippen LogP contribution in [0.4, 0.5) is 0 Å². The predicted molar refractivity (Wildman–Crippen MR) is 69.9 cm³/mol. The Morgan fingerprint density at radius 1 is 1.29 bits per heavy atom. The first-order valence-corrected chi connectivity index (χ1v) is 8.51. The second-order valence-corrected chi connectivity index (χ2v) is 7.87. The van der Waals surface area contributed by atoms with Gasteiger partial charge in [0.1, 0.15) is 0 Å². The van der Waals surface area contributed by atoms with Crippen molar-refractivity contribution in [2.24, 2.45) is 5.41 Å². The van der Waals surface area contributed by atoms with Crippen molar-refractivity contribution >= 4 is 9.84 Å². The van der Waals surface area contributed by atoms with Gasteiger partial charge in [-0.1, -0.05) is 6.92 Å². The van der Waals surface area contributed by atoms with Crippen LogP contribution in [-0.4, -0.2) is 57.5 Å². The number of sulfone groups is 1. The van der Waals surface area contributed by atoms with Gasteiger partial charge in [-0.2, -0.15) is 0 Å². The Labute approximate surface area is 105 Å². The molecule has 0 saturated carbocycles. The largest absolute Gasteiger partial charge is 0.316 e. The minimum atomic E-state index is -2.77. The lowest BCUT2D eigenvalue weighted by Gasteiger charge is -2.33. The predicted octanol–water partition coefficient (Wildman–Crippen LogP) is 0.497. The van der Waals surface area contributed by atoms with E-state index in [1.165, 1.54) is 12.8 Å². The Bertz CT molecular complexity index is 348. The normalized spacial score (nSPS) is 34.6. The first-order valence-electron chi connectivity index (χ1n) is 6.69. The summed E-state index contributed by atoms with van der Waals surface area (Å²) in [5.41, 5.74) is 0.383. The molecule has 0 bridgehead atoms. The molecule has 0 spiro atoms. The third-order valence-electron chi connectivity index (χ3n) is 4.29. The quantitative estimate of drug-likeness (QED) is 0.803. The zero-order valence-electron chi connectivity index (χ0n) is 10.7. The summed E-state index contributed by atoms with van der Waals surface area (Å²) >= 11 is 0. The molecule has 0 aromatic heterocycles. The van der Waals surface area contributed by atoms with E-state index in [0.717, 1.165) is 39.1 Å². The number of rotatable bonds is 3. The maximum absolute atomic E-state index is 11.6. The molecule has 2 heterocycles.